The van der Waals surface area contributed by atoms with Crippen molar-refractivity contribution in [2.24, 2.45) is 0 Å². The molecule has 6 heteroatoms. The van der Waals surface area contributed by atoms with Crippen molar-refractivity contribution in [2.45, 2.75) is 19.9 Å². The number of nitrogens with zero attached hydrogens (tertiary/aromatic N) is 3. The molecule has 1 amide bonds. The van der Waals surface area contributed by atoms with Crippen molar-refractivity contribution in [3.8, 4) is 11.1 Å². The molecule has 2 N–H and O–H groups in total. The van der Waals surface area contributed by atoms with Crippen LogP contribution in [0.1, 0.15) is 28.7 Å². The quantitative estimate of drug-likeness (QED) is 0.500. The lowest BCUT2D eigenvalue weighted by Gasteiger charge is -2.41. The molecule has 1 aliphatic rings. The summed E-state index contributed by atoms with van der Waals surface area (Å²) in [6.07, 6.45) is 0. The second kappa shape index (κ2) is 8.52. The SMILES string of the molecule is Cc1cccc(C(=N)N2CCN(C(=O)c3ccc(-c4ccccc4)cc3)C(C)C2=N)n1. The third kappa shape index (κ3) is 4.10. The molecule has 1 aliphatic heterocycles. The minimum atomic E-state index is -0.430. The van der Waals surface area contributed by atoms with Crippen molar-refractivity contribution in [3.05, 3.63) is 89.7 Å². The van der Waals surface area contributed by atoms with Gasteiger partial charge in [0, 0.05) is 24.3 Å². The van der Waals surface area contributed by atoms with Gasteiger partial charge in [-0.2, -0.15) is 0 Å². The number of hydrogen-bond acceptors (Lipinski definition) is 4. The van der Waals surface area contributed by atoms with Crippen LogP contribution in [0.15, 0.2) is 72.8 Å². The molecule has 6 nitrogen and oxygen atoms in total. The standard InChI is InChI=1S/C25H25N5O/c1-17-7-6-10-22(28-17)24(27)30-16-15-29(18(2)23(30)26)25(31)21-13-11-20(12-14-21)19-8-4-3-5-9-19/h3-14,18,26-27H,15-16H2,1-2H3. The molecule has 2 aromatic carbocycles. The fraction of sp³-hybridized carbons (Fsp3) is 0.200. The number of pyridine rings is 1. The molecule has 0 aliphatic carbocycles. The minimum absolute atomic E-state index is 0.100. The van der Waals surface area contributed by atoms with Gasteiger partial charge in [-0.1, -0.05) is 48.5 Å². The molecule has 156 valence electrons. The number of piperazine rings is 1. The fourth-order valence-corrected chi connectivity index (χ4v) is 3.82. The second-order valence-electron chi connectivity index (χ2n) is 7.67. The first-order valence-corrected chi connectivity index (χ1v) is 10.3. The fourth-order valence-electron chi connectivity index (χ4n) is 3.82. The average Bonchev–Trinajstić information content (AvgIpc) is 2.80. The van der Waals surface area contributed by atoms with Crippen LogP contribution in [0, 0.1) is 17.7 Å². The van der Waals surface area contributed by atoms with E-state index in [1.165, 1.54) is 0 Å². The number of amides is 1. The topological polar surface area (TPSA) is 84.1 Å². The van der Waals surface area contributed by atoms with Gasteiger partial charge < -0.3 is 9.80 Å². The van der Waals surface area contributed by atoms with Crippen LogP contribution in [0.2, 0.25) is 0 Å². The molecule has 0 saturated carbocycles. The molecular formula is C25H25N5O. The number of aromatic nitrogens is 1. The number of carbonyl (C=O) groups is 1. The van der Waals surface area contributed by atoms with Crippen molar-refractivity contribution in [3.63, 3.8) is 0 Å². The van der Waals surface area contributed by atoms with Crippen LogP contribution in [0.3, 0.4) is 0 Å². The lowest BCUT2D eigenvalue weighted by atomic mass is 10.0. The van der Waals surface area contributed by atoms with Crippen molar-refractivity contribution >= 4 is 17.6 Å². The molecule has 1 aromatic heterocycles. The largest absolute Gasteiger partial charge is 0.327 e. The predicted octanol–water partition coefficient (Wildman–Crippen LogP) is 4.21. The van der Waals surface area contributed by atoms with Crippen molar-refractivity contribution < 1.29 is 4.79 Å². The van der Waals surface area contributed by atoms with Crippen LogP contribution < -0.4 is 0 Å². The van der Waals surface area contributed by atoms with Crippen molar-refractivity contribution in [1.82, 2.24) is 14.8 Å². The van der Waals surface area contributed by atoms with Crippen molar-refractivity contribution in [1.29, 1.82) is 10.8 Å². The lowest BCUT2D eigenvalue weighted by Crippen LogP contribution is -2.58. The Morgan fingerprint density at radius 1 is 0.935 bits per heavy atom. The Bertz CT molecular complexity index is 1120. The van der Waals surface area contributed by atoms with Gasteiger partial charge in [-0.3, -0.25) is 15.6 Å². The highest BCUT2D eigenvalue weighted by molar-refractivity contribution is 6.09. The number of aryl methyl sites for hydroxylation is 1. The zero-order valence-electron chi connectivity index (χ0n) is 17.7. The van der Waals surface area contributed by atoms with Crippen LogP contribution in [0.4, 0.5) is 0 Å². The molecule has 31 heavy (non-hydrogen) atoms. The Balaban J connectivity index is 1.48. The first-order valence-electron chi connectivity index (χ1n) is 10.3. The van der Waals surface area contributed by atoms with Crippen LogP contribution in [0.25, 0.3) is 11.1 Å². The second-order valence-corrected chi connectivity index (χ2v) is 7.67. The summed E-state index contributed by atoms with van der Waals surface area (Å²) in [5.74, 6) is 0.324. The van der Waals surface area contributed by atoms with E-state index < -0.39 is 6.04 Å². The minimum Gasteiger partial charge on any atom is -0.327 e. The summed E-state index contributed by atoms with van der Waals surface area (Å²) in [6.45, 7) is 4.55. The summed E-state index contributed by atoms with van der Waals surface area (Å²) in [4.78, 5) is 20.9. The van der Waals surface area contributed by atoms with Gasteiger partial charge in [0.1, 0.15) is 11.5 Å². The van der Waals surface area contributed by atoms with Gasteiger partial charge in [0.15, 0.2) is 5.84 Å². The normalized spacial score (nSPS) is 16.3. The molecule has 4 rings (SSSR count). The molecular weight excluding hydrogens is 386 g/mol. The molecule has 3 aromatic rings. The van der Waals surface area contributed by atoms with Crippen LogP contribution in [-0.4, -0.2) is 51.5 Å². The maximum atomic E-state index is 13.1. The van der Waals surface area contributed by atoms with Crippen molar-refractivity contribution in [2.75, 3.05) is 13.1 Å². The number of carbonyl (C=O) groups excluding carboxylic acids is 1. The molecule has 1 atom stereocenters. The van der Waals surface area contributed by atoms with E-state index in [9.17, 15) is 4.79 Å². The number of benzene rings is 2. The van der Waals surface area contributed by atoms with Crippen LogP contribution in [0.5, 0.6) is 0 Å². The highest BCUT2D eigenvalue weighted by atomic mass is 16.2. The smallest absolute Gasteiger partial charge is 0.254 e. The summed E-state index contributed by atoms with van der Waals surface area (Å²) >= 11 is 0. The van der Waals surface area contributed by atoms with E-state index in [0.717, 1.165) is 16.8 Å². The molecule has 0 radical (unpaired) electrons. The summed E-state index contributed by atoms with van der Waals surface area (Å²) in [5.41, 5.74) is 4.13. The van der Waals surface area contributed by atoms with E-state index in [4.69, 9.17) is 10.8 Å². The Hall–Kier alpha value is -3.80. The maximum Gasteiger partial charge on any atom is 0.254 e. The lowest BCUT2D eigenvalue weighted by molar-refractivity contribution is 0.0701. The molecule has 1 saturated heterocycles. The Labute approximate surface area is 182 Å². The summed E-state index contributed by atoms with van der Waals surface area (Å²) < 4.78 is 0. The van der Waals surface area contributed by atoms with E-state index in [0.29, 0.717) is 24.3 Å². The van der Waals surface area contributed by atoms with Gasteiger partial charge in [-0.05, 0) is 49.2 Å². The molecule has 1 unspecified atom stereocenters. The molecule has 0 bridgehead atoms. The molecule has 1 fully saturated rings. The zero-order valence-corrected chi connectivity index (χ0v) is 17.7. The van der Waals surface area contributed by atoms with Crippen LogP contribution >= 0.6 is 0 Å². The summed E-state index contributed by atoms with van der Waals surface area (Å²) in [7, 11) is 0. The first kappa shape index (κ1) is 20.5. The van der Waals surface area contributed by atoms with E-state index in [1.54, 1.807) is 15.9 Å². The van der Waals surface area contributed by atoms with Gasteiger partial charge in [0.25, 0.3) is 5.91 Å². The number of nitrogens with one attached hydrogen (secondary N) is 2. The third-order valence-corrected chi connectivity index (χ3v) is 5.62. The van der Waals surface area contributed by atoms with Gasteiger partial charge in [0.2, 0.25) is 0 Å². The van der Waals surface area contributed by atoms with Gasteiger partial charge in [0.05, 0.1) is 6.04 Å². The van der Waals surface area contributed by atoms with Gasteiger partial charge in [-0.25, -0.2) is 4.98 Å². The summed E-state index contributed by atoms with van der Waals surface area (Å²) in [5, 5.41) is 17.1. The molecule has 2 heterocycles. The number of hydrogen-bond donors (Lipinski definition) is 2. The van der Waals surface area contributed by atoms with E-state index >= 15 is 0 Å². The Morgan fingerprint density at radius 3 is 2.29 bits per heavy atom. The first-order chi connectivity index (χ1) is 15.0. The number of rotatable bonds is 3. The highest BCUT2D eigenvalue weighted by Gasteiger charge is 2.34. The zero-order chi connectivity index (χ0) is 22.0. The molecule has 0 spiro atoms. The monoisotopic (exact) mass is 411 g/mol. The Kier molecular flexibility index (Phi) is 5.62. The van der Waals surface area contributed by atoms with Gasteiger partial charge >= 0.3 is 0 Å². The number of amidine groups is 2. The average molecular weight is 412 g/mol. The van der Waals surface area contributed by atoms with Gasteiger partial charge in [-0.15, -0.1) is 0 Å². The summed E-state index contributed by atoms with van der Waals surface area (Å²) in [6, 6.07) is 22.7. The van der Waals surface area contributed by atoms with E-state index in [-0.39, 0.29) is 17.6 Å². The highest BCUT2D eigenvalue weighted by Crippen LogP contribution is 2.22. The van der Waals surface area contributed by atoms with E-state index in [1.807, 2.05) is 80.6 Å². The third-order valence-electron chi connectivity index (χ3n) is 5.62. The van der Waals surface area contributed by atoms with E-state index in [2.05, 4.69) is 4.98 Å². The van der Waals surface area contributed by atoms with Crippen LogP contribution in [-0.2, 0) is 0 Å². The Morgan fingerprint density at radius 2 is 1.61 bits per heavy atom. The predicted molar refractivity (Wildman–Crippen MR) is 123 cm³/mol. The maximum absolute atomic E-state index is 13.1.